The van der Waals surface area contributed by atoms with Gasteiger partial charge in [-0.15, -0.1) is 0 Å². The first-order chi connectivity index (χ1) is 10.4. The van der Waals surface area contributed by atoms with Crippen LogP contribution in [0.3, 0.4) is 0 Å². The fourth-order valence-electron chi connectivity index (χ4n) is 3.63. The van der Waals surface area contributed by atoms with Crippen LogP contribution in [0.25, 0.3) is 0 Å². The Balaban J connectivity index is 1.92. The van der Waals surface area contributed by atoms with Crippen molar-refractivity contribution in [1.82, 2.24) is 10.1 Å². The van der Waals surface area contributed by atoms with Crippen LogP contribution in [0, 0.1) is 6.92 Å². The van der Waals surface area contributed by atoms with Crippen molar-refractivity contribution in [1.29, 1.82) is 0 Å². The highest BCUT2D eigenvalue weighted by atomic mass is 16.5. The molecule has 122 valence electrons. The van der Waals surface area contributed by atoms with Crippen molar-refractivity contribution in [3.63, 3.8) is 0 Å². The maximum atomic E-state index is 13.2. The summed E-state index contributed by atoms with van der Waals surface area (Å²) >= 11 is 0. The van der Waals surface area contributed by atoms with Gasteiger partial charge in [-0.2, -0.15) is 0 Å². The van der Waals surface area contributed by atoms with Crippen LogP contribution in [-0.2, 0) is 10.2 Å². The molecule has 5 nitrogen and oxygen atoms in total. The summed E-state index contributed by atoms with van der Waals surface area (Å²) in [7, 11) is 0. The first-order valence-electron chi connectivity index (χ1n) is 8.29. The summed E-state index contributed by atoms with van der Waals surface area (Å²) in [5.41, 5.74) is 1.20. The SMILES string of the molecule is Cc1onc(C(C)(C)C)c1C(=O)N1CCOC2CCCCC21. The molecule has 1 aromatic heterocycles. The van der Waals surface area contributed by atoms with Gasteiger partial charge in [0, 0.05) is 12.0 Å². The van der Waals surface area contributed by atoms with Gasteiger partial charge < -0.3 is 14.2 Å². The number of rotatable bonds is 1. The van der Waals surface area contributed by atoms with E-state index in [2.05, 4.69) is 25.9 Å². The largest absolute Gasteiger partial charge is 0.374 e. The Kier molecular flexibility index (Phi) is 4.02. The maximum Gasteiger partial charge on any atom is 0.259 e. The summed E-state index contributed by atoms with van der Waals surface area (Å²) < 4.78 is 11.2. The molecule has 1 aromatic rings. The molecule has 5 heteroatoms. The van der Waals surface area contributed by atoms with Gasteiger partial charge in [-0.05, 0) is 19.8 Å². The zero-order chi connectivity index (χ0) is 15.9. The van der Waals surface area contributed by atoms with Crippen LogP contribution < -0.4 is 0 Å². The number of aromatic nitrogens is 1. The van der Waals surface area contributed by atoms with Gasteiger partial charge >= 0.3 is 0 Å². The Morgan fingerprint density at radius 3 is 2.73 bits per heavy atom. The van der Waals surface area contributed by atoms with Crippen LogP contribution in [-0.4, -0.2) is 41.3 Å². The quantitative estimate of drug-likeness (QED) is 0.800. The zero-order valence-corrected chi connectivity index (χ0v) is 14.0. The summed E-state index contributed by atoms with van der Waals surface area (Å²) in [5.74, 6) is 0.678. The van der Waals surface area contributed by atoms with Gasteiger partial charge in [0.2, 0.25) is 0 Å². The highest BCUT2D eigenvalue weighted by Crippen LogP contribution is 2.32. The van der Waals surface area contributed by atoms with E-state index in [1.54, 1.807) is 0 Å². The van der Waals surface area contributed by atoms with E-state index in [0.717, 1.165) is 18.5 Å². The van der Waals surface area contributed by atoms with Crippen molar-refractivity contribution < 1.29 is 14.1 Å². The molecule has 2 heterocycles. The van der Waals surface area contributed by atoms with Crippen LogP contribution in [0.2, 0.25) is 0 Å². The van der Waals surface area contributed by atoms with Crippen molar-refractivity contribution >= 4 is 5.91 Å². The van der Waals surface area contributed by atoms with Gasteiger partial charge in [-0.1, -0.05) is 38.8 Å². The van der Waals surface area contributed by atoms with Gasteiger partial charge in [0.05, 0.1) is 18.8 Å². The van der Waals surface area contributed by atoms with Crippen molar-refractivity contribution in [2.24, 2.45) is 0 Å². The van der Waals surface area contributed by atoms with E-state index in [9.17, 15) is 4.79 Å². The molecule has 1 saturated carbocycles. The van der Waals surface area contributed by atoms with E-state index in [1.807, 2.05) is 11.8 Å². The molecule has 0 spiro atoms. The highest BCUT2D eigenvalue weighted by Gasteiger charge is 2.40. The van der Waals surface area contributed by atoms with Crippen LogP contribution in [0.4, 0.5) is 0 Å². The highest BCUT2D eigenvalue weighted by molar-refractivity contribution is 5.96. The summed E-state index contributed by atoms with van der Waals surface area (Å²) in [5, 5.41) is 4.15. The smallest absolute Gasteiger partial charge is 0.259 e. The van der Waals surface area contributed by atoms with Gasteiger partial charge in [0.15, 0.2) is 0 Å². The molecular weight excluding hydrogens is 280 g/mol. The molecule has 2 fully saturated rings. The minimum Gasteiger partial charge on any atom is -0.374 e. The van der Waals surface area contributed by atoms with Gasteiger partial charge in [0.25, 0.3) is 5.91 Å². The molecule has 1 amide bonds. The monoisotopic (exact) mass is 306 g/mol. The predicted molar refractivity (Wildman–Crippen MR) is 83.0 cm³/mol. The van der Waals surface area contributed by atoms with Crippen molar-refractivity contribution in [3.8, 4) is 0 Å². The van der Waals surface area contributed by atoms with Crippen LogP contribution >= 0.6 is 0 Å². The summed E-state index contributed by atoms with van der Waals surface area (Å²) in [4.78, 5) is 15.2. The van der Waals surface area contributed by atoms with E-state index in [0.29, 0.717) is 24.5 Å². The normalized spacial score (nSPS) is 25.9. The average Bonchev–Trinajstić information content (AvgIpc) is 2.88. The molecule has 2 atom stereocenters. The van der Waals surface area contributed by atoms with Gasteiger partial charge in [0.1, 0.15) is 17.0 Å². The van der Waals surface area contributed by atoms with Crippen molar-refractivity contribution in [3.05, 3.63) is 17.0 Å². The third-order valence-corrected chi connectivity index (χ3v) is 4.78. The predicted octanol–water partition coefficient (Wildman–Crippen LogP) is 3.06. The molecule has 0 aromatic carbocycles. The molecule has 1 aliphatic heterocycles. The Hall–Kier alpha value is -1.36. The van der Waals surface area contributed by atoms with Crippen LogP contribution in [0.15, 0.2) is 4.52 Å². The lowest BCUT2D eigenvalue weighted by Crippen LogP contribution is -2.55. The number of ether oxygens (including phenoxy) is 1. The number of nitrogens with zero attached hydrogens (tertiary/aromatic N) is 2. The van der Waals surface area contributed by atoms with Gasteiger partial charge in [-0.3, -0.25) is 4.79 Å². The number of hydrogen-bond donors (Lipinski definition) is 0. The van der Waals surface area contributed by atoms with E-state index in [1.165, 1.54) is 12.8 Å². The van der Waals surface area contributed by atoms with Crippen molar-refractivity contribution in [2.45, 2.75) is 70.9 Å². The maximum absolute atomic E-state index is 13.2. The first kappa shape index (κ1) is 15.5. The van der Waals surface area contributed by atoms with E-state index in [-0.39, 0.29) is 23.5 Å². The third kappa shape index (κ3) is 2.67. The number of morpholine rings is 1. The summed E-state index contributed by atoms with van der Waals surface area (Å²) in [6.07, 6.45) is 4.66. The lowest BCUT2D eigenvalue weighted by molar-refractivity contribution is -0.0753. The molecule has 1 saturated heterocycles. The van der Waals surface area contributed by atoms with Crippen LogP contribution in [0.1, 0.15) is 68.3 Å². The molecular formula is C17H26N2O3. The number of carbonyl (C=O) groups is 1. The Labute approximate surface area is 132 Å². The third-order valence-electron chi connectivity index (χ3n) is 4.78. The minimum atomic E-state index is -0.207. The Bertz CT molecular complexity index is 557. The topological polar surface area (TPSA) is 55.6 Å². The second-order valence-electron chi connectivity index (χ2n) is 7.47. The fraction of sp³-hybridized carbons (Fsp3) is 0.765. The number of fused-ring (bicyclic) bond motifs is 1. The second-order valence-corrected chi connectivity index (χ2v) is 7.47. The molecule has 0 N–H and O–H groups in total. The summed E-state index contributed by atoms with van der Waals surface area (Å²) in [6.45, 7) is 9.29. The molecule has 3 rings (SSSR count). The number of amides is 1. The van der Waals surface area contributed by atoms with Crippen LogP contribution in [0.5, 0.6) is 0 Å². The fourth-order valence-corrected chi connectivity index (χ4v) is 3.63. The van der Waals surface area contributed by atoms with Gasteiger partial charge in [-0.25, -0.2) is 0 Å². The van der Waals surface area contributed by atoms with Crippen molar-refractivity contribution in [2.75, 3.05) is 13.2 Å². The minimum absolute atomic E-state index is 0.0591. The summed E-state index contributed by atoms with van der Waals surface area (Å²) in [6, 6.07) is 0.206. The average molecular weight is 306 g/mol. The molecule has 2 aliphatic rings. The Morgan fingerprint density at radius 2 is 2.00 bits per heavy atom. The lowest BCUT2D eigenvalue weighted by atomic mass is 9.86. The standard InChI is InChI=1S/C17H26N2O3/c1-11-14(15(18-22-11)17(2,3)4)16(20)19-9-10-21-13-8-6-5-7-12(13)19/h12-13H,5-10H2,1-4H3. The Morgan fingerprint density at radius 1 is 1.27 bits per heavy atom. The first-order valence-corrected chi connectivity index (χ1v) is 8.29. The van der Waals surface area contributed by atoms with E-state index in [4.69, 9.17) is 9.26 Å². The van der Waals surface area contributed by atoms with E-state index < -0.39 is 0 Å². The molecule has 22 heavy (non-hydrogen) atoms. The molecule has 1 aliphatic carbocycles. The second kappa shape index (κ2) is 5.69. The number of aryl methyl sites for hydroxylation is 1. The lowest BCUT2D eigenvalue weighted by Gasteiger charge is -2.43. The van der Waals surface area contributed by atoms with E-state index >= 15 is 0 Å². The molecule has 2 unspecified atom stereocenters. The molecule has 0 radical (unpaired) electrons. The number of carbonyl (C=O) groups excluding carboxylic acids is 1. The zero-order valence-electron chi connectivity index (χ0n) is 14.0. The molecule has 0 bridgehead atoms. The number of hydrogen-bond acceptors (Lipinski definition) is 4.